The van der Waals surface area contributed by atoms with E-state index in [-0.39, 0.29) is 35.3 Å². The number of amidine groups is 1. The summed E-state index contributed by atoms with van der Waals surface area (Å²) in [5, 5.41) is 11.2. The summed E-state index contributed by atoms with van der Waals surface area (Å²) in [6.07, 6.45) is 0.234. The lowest BCUT2D eigenvalue weighted by Crippen LogP contribution is -2.30. The first-order valence-corrected chi connectivity index (χ1v) is 5.50. The number of nitrogens with two attached hydrogens (primary N) is 1. The van der Waals surface area contributed by atoms with Crippen molar-refractivity contribution in [2.75, 3.05) is 13.6 Å². The quantitative estimate of drug-likeness (QED) is 0.379. The van der Waals surface area contributed by atoms with Gasteiger partial charge in [-0.25, -0.2) is 4.39 Å². The first-order valence-electron chi connectivity index (χ1n) is 5.12. The third-order valence-electron chi connectivity index (χ3n) is 2.34. The van der Waals surface area contributed by atoms with Crippen LogP contribution in [0.5, 0.6) is 0 Å². The molecule has 7 heteroatoms. The van der Waals surface area contributed by atoms with Gasteiger partial charge in [-0.3, -0.25) is 4.79 Å². The van der Waals surface area contributed by atoms with Crippen molar-refractivity contribution in [2.24, 2.45) is 10.9 Å². The summed E-state index contributed by atoms with van der Waals surface area (Å²) in [7, 11) is 1.55. The van der Waals surface area contributed by atoms with E-state index in [1.807, 2.05) is 0 Å². The highest BCUT2D eigenvalue weighted by atomic mass is 35.5. The summed E-state index contributed by atoms with van der Waals surface area (Å²) in [4.78, 5) is 13.3. The summed E-state index contributed by atoms with van der Waals surface area (Å²) in [6, 6.07) is 3.56. The van der Waals surface area contributed by atoms with E-state index in [9.17, 15) is 9.18 Å². The van der Waals surface area contributed by atoms with Gasteiger partial charge in [-0.1, -0.05) is 16.8 Å². The predicted octanol–water partition coefficient (Wildman–Crippen LogP) is 1.69. The van der Waals surface area contributed by atoms with Gasteiger partial charge in [-0.05, 0) is 18.2 Å². The molecule has 0 saturated carbocycles. The fraction of sp³-hybridized carbons (Fsp3) is 0.273. The summed E-state index contributed by atoms with van der Waals surface area (Å²) >= 11 is 5.78. The first kappa shape index (κ1) is 14.2. The monoisotopic (exact) mass is 273 g/mol. The maximum Gasteiger partial charge on any atom is 0.255 e. The van der Waals surface area contributed by atoms with E-state index in [1.54, 1.807) is 7.05 Å². The van der Waals surface area contributed by atoms with Crippen LogP contribution in [-0.2, 0) is 0 Å². The van der Waals surface area contributed by atoms with E-state index in [2.05, 4.69) is 5.16 Å². The van der Waals surface area contributed by atoms with Gasteiger partial charge in [-0.2, -0.15) is 0 Å². The topological polar surface area (TPSA) is 78.9 Å². The van der Waals surface area contributed by atoms with Crippen LogP contribution in [0.4, 0.5) is 4.39 Å². The molecule has 0 fully saturated rings. The Morgan fingerprint density at radius 3 is 2.83 bits per heavy atom. The molecule has 0 bridgehead atoms. The zero-order valence-corrected chi connectivity index (χ0v) is 10.5. The lowest BCUT2D eigenvalue weighted by Gasteiger charge is -2.17. The molecule has 0 aliphatic heterocycles. The van der Waals surface area contributed by atoms with Crippen LogP contribution in [0.3, 0.4) is 0 Å². The molecular formula is C11H13ClFN3O2. The third kappa shape index (κ3) is 3.59. The van der Waals surface area contributed by atoms with Gasteiger partial charge in [0.2, 0.25) is 0 Å². The van der Waals surface area contributed by atoms with Gasteiger partial charge in [0.05, 0.1) is 10.6 Å². The molecule has 1 rings (SSSR count). The van der Waals surface area contributed by atoms with Crippen LogP contribution in [-0.4, -0.2) is 35.4 Å². The van der Waals surface area contributed by atoms with Gasteiger partial charge in [0.15, 0.2) is 0 Å². The first-order chi connectivity index (χ1) is 8.45. The van der Waals surface area contributed by atoms with Crippen molar-refractivity contribution >= 4 is 23.3 Å². The number of oxime groups is 1. The van der Waals surface area contributed by atoms with Gasteiger partial charge in [0.1, 0.15) is 11.7 Å². The average molecular weight is 274 g/mol. The van der Waals surface area contributed by atoms with Crippen LogP contribution in [0.15, 0.2) is 23.4 Å². The molecule has 1 aromatic carbocycles. The van der Waals surface area contributed by atoms with Crippen LogP contribution in [0.2, 0.25) is 5.02 Å². The second-order valence-electron chi connectivity index (χ2n) is 3.69. The Morgan fingerprint density at radius 2 is 2.28 bits per heavy atom. The van der Waals surface area contributed by atoms with Crippen molar-refractivity contribution in [1.29, 1.82) is 0 Å². The number of nitrogens with zero attached hydrogens (tertiary/aromatic N) is 2. The number of carbonyl (C=O) groups is 1. The van der Waals surface area contributed by atoms with Crippen LogP contribution in [0.1, 0.15) is 16.8 Å². The molecule has 0 aliphatic carbocycles. The largest absolute Gasteiger partial charge is 0.409 e. The second-order valence-corrected chi connectivity index (χ2v) is 4.10. The van der Waals surface area contributed by atoms with Gasteiger partial charge in [0.25, 0.3) is 5.91 Å². The molecule has 3 N–H and O–H groups in total. The fourth-order valence-corrected chi connectivity index (χ4v) is 1.55. The highest BCUT2D eigenvalue weighted by molar-refractivity contribution is 6.33. The molecule has 0 spiro atoms. The van der Waals surface area contributed by atoms with Gasteiger partial charge >= 0.3 is 0 Å². The molecule has 18 heavy (non-hydrogen) atoms. The van der Waals surface area contributed by atoms with Crippen molar-refractivity contribution in [3.8, 4) is 0 Å². The minimum absolute atomic E-state index is 0.0276. The van der Waals surface area contributed by atoms with E-state index >= 15 is 0 Å². The van der Waals surface area contributed by atoms with Gasteiger partial charge < -0.3 is 15.8 Å². The highest BCUT2D eigenvalue weighted by Gasteiger charge is 2.15. The minimum Gasteiger partial charge on any atom is -0.409 e. The summed E-state index contributed by atoms with van der Waals surface area (Å²) in [5.74, 6) is -0.832. The Morgan fingerprint density at radius 1 is 1.61 bits per heavy atom. The number of hydrogen-bond acceptors (Lipinski definition) is 3. The van der Waals surface area contributed by atoms with Crippen molar-refractivity contribution in [1.82, 2.24) is 4.90 Å². The van der Waals surface area contributed by atoms with Crippen LogP contribution in [0, 0.1) is 5.82 Å². The number of carbonyl (C=O) groups excluding carboxylic acids is 1. The zero-order chi connectivity index (χ0) is 13.7. The molecule has 0 aromatic heterocycles. The molecular weight excluding hydrogens is 261 g/mol. The Balaban J connectivity index is 2.74. The summed E-state index contributed by atoms with van der Waals surface area (Å²) in [6.45, 7) is 0.266. The number of rotatable bonds is 4. The Bertz CT molecular complexity index is 479. The summed E-state index contributed by atoms with van der Waals surface area (Å²) < 4.78 is 12.8. The van der Waals surface area contributed by atoms with Crippen LogP contribution < -0.4 is 5.73 Å². The maximum atomic E-state index is 12.8. The molecule has 98 valence electrons. The highest BCUT2D eigenvalue weighted by Crippen LogP contribution is 2.18. The number of halogens is 2. The lowest BCUT2D eigenvalue weighted by molar-refractivity contribution is 0.0798. The van der Waals surface area contributed by atoms with Crippen LogP contribution in [0.25, 0.3) is 0 Å². The van der Waals surface area contributed by atoms with Crippen molar-refractivity contribution < 1.29 is 14.4 Å². The molecule has 5 nitrogen and oxygen atoms in total. The number of amides is 1. The van der Waals surface area contributed by atoms with E-state index in [1.165, 1.54) is 11.0 Å². The lowest BCUT2D eigenvalue weighted by atomic mass is 10.2. The van der Waals surface area contributed by atoms with E-state index in [0.29, 0.717) is 0 Å². The average Bonchev–Trinajstić information content (AvgIpc) is 2.34. The zero-order valence-electron chi connectivity index (χ0n) is 9.73. The molecule has 1 amide bonds. The molecule has 0 heterocycles. The molecule has 0 unspecified atom stereocenters. The number of hydrogen-bond donors (Lipinski definition) is 2. The van der Waals surface area contributed by atoms with E-state index < -0.39 is 5.82 Å². The Hall–Kier alpha value is -1.82. The van der Waals surface area contributed by atoms with E-state index in [4.69, 9.17) is 22.5 Å². The molecule has 1 aromatic rings. The molecule has 0 aliphatic rings. The normalized spacial score (nSPS) is 11.4. The van der Waals surface area contributed by atoms with Gasteiger partial charge in [-0.15, -0.1) is 0 Å². The maximum absolute atomic E-state index is 12.8. The fourth-order valence-electron chi connectivity index (χ4n) is 1.30. The summed E-state index contributed by atoms with van der Waals surface area (Å²) in [5.41, 5.74) is 5.50. The Labute approximate surface area is 109 Å². The molecule has 0 radical (unpaired) electrons. The van der Waals surface area contributed by atoms with Crippen molar-refractivity contribution in [2.45, 2.75) is 6.42 Å². The van der Waals surface area contributed by atoms with Crippen LogP contribution >= 0.6 is 11.6 Å². The van der Waals surface area contributed by atoms with Crippen molar-refractivity contribution in [3.05, 3.63) is 34.6 Å². The molecule has 0 atom stereocenters. The molecule has 0 saturated heterocycles. The minimum atomic E-state index is -0.504. The van der Waals surface area contributed by atoms with Crippen molar-refractivity contribution in [3.63, 3.8) is 0 Å². The second kappa shape index (κ2) is 6.20. The third-order valence-corrected chi connectivity index (χ3v) is 2.65. The number of benzene rings is 1. The SMILES string of the molecule is CN(CC/C(N)=N/O)C(=O)c1ccc(F)cc1Cl. The van der Waals surface area contributed by atoms with E-state index in [0.717, 1.165) is 12.1 Å². The smallest absolute Gasteiger partial charge is 0.255 e. The Kier molecular flexibility index (Phi) is 4.91. The predicted molar refractivity (Wildman–Crippen MR) is 66.4 cm³/mol. The van der Waals surface area contributed by atoms with Gasteiger partial charge in [0, 0.05) is 20.0 Å². The standard InChI is InChI=1S/C11H13ClFN3O2/c1-16(5-4-10(14)15-18)11(17)8-3-2-7(13)6-9(8)12/h2-3,6,18H,4-5H2,1H3,(H2,14,15).